The van der Waals surface area contributed by atoms with Crippen LogP contribution in [0.5, 0.6) is 5.75 Å². The fraction of sp³-hybridized carbons (Fsp3) is 0.154. The van der Waals surface area contributed by atoms with Crippen molar-refractivity contribution in [2.45, 2.75) is 6.92 Å². The molecule has 4 nitrogen and oxygen atoms in total. The molecule has 92 valence electrons. The van der Waals surface area contributed by atoms with Crippen molar-refractivity contribution < 1.29 is 9.53 Å². The third kappa shape index (κ3) is 2.81. The van der Waals surface area contributed by atoms with Crippen LogP contribution in [0.2, 0.25) is 0 Å². The minimum Gasteiger partial charge on any atom is -0.496 e. The van der Waals surface area contributed by atoms with Crippen LogP contribution in [0.25, 0.3) is 6.08 Å². The van der Waals surface area contributed by atoms with Gasteiger partial charge in [0.2, 0.25) is 0 Å². The molecule has 0 atom stereocenters. The summed E-state index contributed by atoms with van der Waals surface area (Å²) in [5, 5.41) is 5.62. The first kappa shape index (κ1) is 12.4. The van der Waals surface area contributed by atoms with Gasteiger partial charge in [0.15, 0.2) is 5.78 Å². The maximum Gasteiger partial charge on any atom is 0.189 e. The second-order valence-corrected chi connectivity index (χ2v) is 4.34. The molecule has 0 spiro atoms. The molecule has 0 aliphatic carbocycles. The number of aromatic nitrogens is 2. The van der Waals surface area contributed by atoms with E-state index in [-0.39, 0.29) is 5.78 Å². The van der Waals surface area contributed by atoms with E-state index in [2.05, 4.69) is 9.59 Å². The molecule has 18 heavy (non-hydrogen) atoms. The summed E-state index contributed by atoms with van der Waals surface area (Å²) in [6, 6.07) is 5.51. The Kier molecular flexibility index (Phi) is 3.84. The summed E-state index contributed by atoms with van der Waals surface area (Å²) in [6.45, 7) is 1.93. The quantitative estimate of drug-likeness (QED) is 0.626. The number of carbonyl (C=O) groups excluding carboxylic acids is 1. The van der Waals surface area contributed by atoms with Gasteiger partial charge in [0, 0.05) is 5.38 Å². The van der Waals surface area contributed by atoms with Gasteiger partial charge in [-0.2, -0.15) is 0 Å². The highest BCUT2D eigenvalue weighted by atomic mass is 32.1. The number of carbonyl (C=O) groups is 1. The van der Waals surface area contributed by atoms with Crippen LogP contribution in [0, 0.1) is 6.92 Å². The van der Waals surface area contributed by atoms with Gasteiger partial charge in [-0.15, -0.1) is 5.10 Å². The lowest BCUT2D eigenvalue weighted by atomic mass is 10.1. The van der Waals surface area contributed by atoms with E-state index in [1.54, 1.807) is 24.6 Å². The number of nitrogens with zero attached hydrogens (tertiary/aromatic N) is 2. The molecule has 2 rings (SSSR count). The molecule has 1 aromatic heterocycles. The molecule has 0 fully saturated rings. The maximum absolute atomic E-state index is 12.1. The Morgan fingerprint density at radius 3 is 2.94 bits per heavy atom. The third-order valence-corrected chi connectivity index (χ3v) is 2.93. The lowest BCUT2D eigenvalue weighted by Gasteiger charge is -2.06. The summed E-state index contributed by atoms with van der Waals surface area (Å²) in [4.78, 5) is 12.1. The normalized spacial score (nSPS) is 10.8. The Morgan fingerprint density at radius 2 is 2.28 bits per heavy atom. The molecule has 5 heteroatoms. The lowest BCUT2D eigenvalue weighted by molar-refractivity contribution is 0.104. The van der Waals surface area contributed by atoms with Gasteiger partial charge in [-0.1, -0.05) is 16.1 Å². The molecule has 2 aromatic rings. The molecule has 0 unspecified atom stereocenters. The summed E-state index contributed by atoms with van der Waals surface area (Å²) >= 11 is 1.25. The number of hydrogen-bond donors (Lipinski definition) is 0. The smallest absolute Gasteiger partial charge is 0.189 e. The fourth-order valence-electron chi connectivity index (χ4n) is 1.51. The van der Waals surface area contributed by atoms with E-state index in [9.17, 15) is 4.79 Å². The molecule has 0 aliphatic heterocycles. The molecule has 0 saturated heterocycles. The van der Waals surface area contributed by atoms with Gasteiger partial charge < -0.3 is 4.74 Å². The lowest BCUT2D eigenvalue weighted by Crippen LogP contribution is -1.99. The Balaban J connectivity index is 2.26. The topological polar surface area (TPSA) is 52.1 Å². The highest BCUT2D eigenvalue weighted by Gasteiger charge is 2.09. The van der Waals surface area contributed by atoms with Gasteiger partial charge in [-0.05, 0) is 42.7 Å². The average molecular weight is 260 g/mol. The van der Waals surface area contributed by atoms with Crippen LogP contribution < -0.4 is 4.74 Å². The van der Waals surface area contributed by atoms with Crippen LogP contribution in [0.15, 0.2) is 29.7 Å². The van der Waals surface area contributed by atoms with Gasteiger partial charge in [0.1, 0.15) is 5.75 Å². The molecule has 0 radical (unpaired) electrons. The second kappa shape index (κ2) is 5.55. The Morgan fingerprint density at radius 1 is 1.44 bits per heavy atom. The number of hydrogen-bond acceptors (Lipinski definition) is 5. The predicted molar refractivity (Wildman–Crippen MR) is 71.0 cm³/mol. The van der Waals surface area contributed by atoms with Gasteiger partial charge in [-0.3, -0.25) is 4.79 Å². The first-order valence-corrected chi connectivity index (χ1v) is 6.18. The molecular formula is C13H12N2O2S. The summed E-state index contributed by atoms with van der Waals surface area (Å²) in [7, 11) is 1.55. The first-order chi connectivity index (χ1) is 8.70. The molecule has 0 bridgehead atoms. The zero-order valence-corrected chi connectivity index (χ0v) is 10.9. The zero-order chi connectivity index (χ0) is 13.0. The van der Waals surface area contributed by atoms with E-state index in [0.29, 0.717) is 17.0 Å². The molecule has 1 heterocycles. The molecule has 0 saturated carbocycles. The Bertz CT molecular complexity index is 577. The zero-order valence-electron chi connectivity index (χ0n) is 10.1. The molecule has 0 N–H and O–H groups in total. The van der Waals surface area contributed by atoms with E-state index in [1.165, 1.54) is 17.6 Å². The fourth-order valence-corrected chi connectivity index (χ4v) is 1.93. The maximum atomic E-state index is 12.1. The van der Waals surface area contributed by atoms with Crippen molar-refractivity contribution in [3.63, 3.8) is 0 Å². The molecular weight excluding hydrogens is 248 g/mol. The Hall–Kier alpha value is -2.01. The summed E-state index contributed by atoms with van der Waals surface area (Å²) in [5.41, 5.74) is 2.25. The number of allylic oxidation sites excluding steroid dienone is 1. The second-order valence-electron chi connectivity index (χ2n) is 3.73. The van der Waals surface area contributed by atoms with Crippen molar-refractivity contribution in [3.8, 4) is 5.75 Å². The van der Waals surface area contributed by atoms with Gasteiger partial charge in [-0.25, -0.2) is 0 Å². The number of rotatable bonds is 4. The first-order valence-electron chi connectivity index (χ1n) is 5.35. The van der Waals surface area contributed by atoms with Crippen LogP contribution in [-0.4, -0.2) is 22.5 Å². The average Bonchev–Trinajstić information content (AvgIpc) is 2.89. The highest BCUT2D eigenvalue weighted by Crippen LogP contribution is 2.20. The number of benzene rings is 1. The minimum absolute atomic E-state index is 0.108. The van der Waals surface area contributed by atoms with Crippen LogP contribution in [0.3, 0.4) is 0 Å². The molecule has 0 aliphatic rings. The summed E-state index contributed by atoms with van der Waals surface area (Å²) < 4.78 is 8.90. The summed E-state index contributed by atoms with van der Waals surface area (Å²) in [5.74, 6) is 0.468. The van der Waals surface area contributed by atoms with E-state index in [4.69, 9.17) is 4.74 Å². The van der Waals surface area contributed by atoms with E-state index in [1.807, 2.05) is 19.1 Å². The molecule has 0 amide bonds. The van der Waals surface area contributed by atoms with E-state index in [0.717, 1.165) is 5.56 Å². The summed E-state index contributed by atoms with van der Waals surface area (Å²) in [6.07, 6.45) is 3.13. The number of ether oxygens (including phenoxy) is 1. The van der Waals surface area contributed by atoms with Crippen LogP contribution >= 0.6 is 11.5 Å². The van der Waals surface area contributed by atoms with Crippen molar-refractivity contribution in [2.75, 3.05) is 7.11 Å². The predicted octanol–water partition coefficient (Wildman–Crippen LogP) is 2.75. The van der Waals surface area contributed by atoms with Crippen molar-refractivity contribution in [1.82, 2.24) is 9.59 Å². The van der Waals surface area contributed by atoms with Gasteiger partial charge in [0.05, 0.1) is 18.4 Å². The standard InChI is InChI=1S/C13H12N2O2S/c1-9-3-6-13(17-2)11(7-9)12(16)5-4-10-8-18-15-14-10/h3-8H,1-2H3/b5-4+. The van der Waals surface area contributed by atoms with Crippen LogP contribution in [0.1, 0.15) is 21.6 Å². The largest absolute Gasteiger partial charge is 0.496 e. The van der Waals surface area contributed by atoms with Crippen molar-refractivity contribution in [2.24, 2.45) is 0 Å². The highest BCUT2D eigenvalue weighted by molar-refractivity contribution is 7.03. The van der Waals surface area contributed by atoms with Gasteiger partial charge in [0.25, 0.3) is 0 Å². The molecule has 1 aromatic carbocycles. The van der Waals surface area contributed by atoms with Crippen LogP contribution in [-0.2, 0) is 0 Å². The van der Waals surface area contributed by atoms with Crippen molar-refractivity contribution in [3.05, 3.63) is 46.5 Å². The minimum atomic E-state index is -0.108. The van der Waals surface area contributed by atoms with E-state index >= 15 is 0 Å². The van der Waals surface area contributed by atoms with E-state index < -0.39 is 0 Å². The van der Waals surface area contributed by atoms with Gasteiger partial charge >= 0.3 is 0 Å². The van der Waals surface area contributed by atoms with Crippen molar-refractivity contribution in [1.29, 1.82) is 0 Å². The van der Waals surface area contributed by atoms with Crippen LogP contribution in [0.4, 0.5) is 0 Å². The number of methoxy groups -OCH3 is 1. The third-order valence-electron chi connectivity index (χ3n) is 2.40. The number of aryl methyl sites for hydroxylation is 1. The Labute approximate surface area is 109 Å². The SMILES string of the molecule is COc1ccc(C)cc1C(=O)/C=C/c1csnn1. The van der Waals surface area contributed by atoms with Crippen molar-refractivity contribution >= 4 is 23.4 Å². The monoisotopic (exact) mass is 260 g/mol. The number of ketones is 1.